The normalized spacial score (nSPS) is 15.6. The number of hydrogen-bond donors (Lipinski definition) is 1. The zero-order valence-corrected chi connectivity index (χ0v) is 12.2. The maximum absolute atomic E-state index is 13.1. The standard InChI is InChI=1S/C13H17FN2O2S/c1-8(16-19(17)13(2,3)4)12-15-10-7-9(14)5-6-11(10)18-12/h5-8,16H,1-4H3/t8-,19-/m1/s1. The van der Waals surface area contributed by atoms with E-state index in [0.29, 0.717) is 17.0 Å². The first kappa shape index (κ1) is 14.1. The van der Waals surface area contributed by atoms with E-state index in [-0.39, 0.29) is 16.6 Å². The molecule has 0 aliphatic rings. The summed E-state index contributed by atoms with van der Waals surface area (Å²) in [7, 11) is -1.22. The van der Waals surface area contributed by atoms with E-state index in [1.807, 2.05) is 27.7 Å². The Morgan fingerprint density at radius 2 is 2.11 bits per heavy atom. The van der Waals surface area contributed by atoms with Gasteiger partial charge in [-0.15, -0.1) is 0 Å². The summed E-state index contributed by atoms with van der Waals surface area (Å²) in [6.07, 6.45) is 0. The van der Waals surface area contributed by atoms with Crippen LogP contribution >= 0.6 is 0 Å². The Kier molecular flexibility index (Phi) is 3.73. The van der Waals surface area contributed by atoms with Gasteiger partial charge in [-0.2, -0.15) is 0 Å². The lowest BCUT2D eigenvalue weighted by molar-refractivity contribution is 0.473. The Morgan fingerprint density at radius 1 is 1.42 bits per heavy atom. The van der Waals surface area contributed by atoms with Gasteiger partial charge in [-0.1, -0.05) is 0 Å². The molecule has 19 heavy (non-hydrogen) atoms. The highest BCUT2D eigenvalue weighted by molar-refractivity contribution is 7.84. The zero-order valence-electron chi connectivity index (χ0n) is 11.4. The smallest absolute Gasteiger partial charge is 0.213 e. The lowest BCUT2D eigenvalue weighted by atomic mass is 10.3. The number of halogens is 1. The molecule has 0 spiro atoms. The summed E-state index contributed by atoms with van der Waals surface area (Å²) < 4.78 is 33.1. The molecular formula is C13H17FN2O2S. The summed E-state index contributed by atoms with van der Waals surface area (Å²) in [6, 6.07) is 3.86. The molecular weight excluding hydrogens is 267 g/mol. The van der Waals surface area contributed by atoms with Gasteiger partial charge in [-0.25, -0.2) is 18.3 Å². The summed E-state index contributed by atoms with van der Waals surface area (Å²) in [5, 5.41) is 0. The molecule has 0 aliphatic carbocycles. The van der Waals surface area contributed by atoms with Crippen LogP contribution in [-0.2, 0) is 11.0 Å². The van der Waals surface area contributed by atoms with Crippen LogP contribution in [0.2, 0.25) is 0 Å². The third kappa shape index (κ3) is 3.19. The molecule has 0 saturated heterocycles. The van der Waals surface area contributed by atoms with Gasteiger partial charge >= 0.3 is 0 Å². The summed E-state index contributed by atoms with van der Waals surface area (Å²) in [5.41, 5.74) is 0.983. The van der Waals surface area contributed by atoms with Crippen molar-refractivity contribution >= 4 is 22.1 Å². The molecule has 0 bridgehead atoms. The number of fused-ring (bicyclic) bond motifs is 1. The maximum Gasteiger partial charge on any atom is 0.213 e. The minimum atomic E-state index is -1.22. The molecule has 1 heterocycles. The SMILES string of the molecule is C[C@@H](N[S@](=O)C(C)(C)C)c1nc2cc(F)ccc2o1. The fraction of sp³-hybridized carbons (Fsp3) is 0.462. The van der Waals surface area contributed by atoms with Crippen molar-refractivity contribution in [1.82, 2.24) is 9.71 Å². The van der Waals surface area contributed by atoms with E-state index in [4.69, 9.17) is 4.42 Å². The molecule has 0 fully saturated rings. The number of nitrogens with one attached hydrogen (secondary N) is 1. The third-order valence-electron chi connectivity index (χ3n) is 2.58. The summed E-state index contributed by atoms with van der Waals surface area (Å²) in [4.78, 5) is 4.20. The van der Waals surface area contributed by atoms with E-state index in [2.05, 4.69) is 9.71 Å². The lowest BCUT2D eigenvalue weighted by Gasteiger charge is -2.20. The molecule has 0 unspecified atom stereocenters. The summed E-state index contributed by atoms with van der Waals surface area (Å²) >= 11 is 0. The van der Waals surface area contributed by atoms with Crippen molar-refractivity contribution in [3.8, 4) is 0 Å². The third-order valence-corrected chi connectivity index (χ3v) is 4.26. The van der Waals surface area contributed by atoms with Crippen LogP contribution in [0.1, 0.15) is 39.6 Å². The highest BCUT2D eigenvalue weighted by Crippen LogP contribution is 2.22. The number of hydrogen-bond acceptors (Lipinski definition) is 3. The number of benzene rings is 1. The van der Waals surface area contributed by atoms with Crippen molar-refractivity contribution in [3.05, 3.63) is 29.9 Å². The average molecular weight is 284 g/mol. The fourth-order valence-corrected chi connectivity index (χ4v) is 2.27. The van der Waals surface area contributed by atoms with E-state index in [1.54, 1.807) is 0 Å². The van der Waals surface area contributed by atoms with Gasteiger partial charge in [0.1, 0.15) is 11.3 Å². The van der Waals surface area contributed by atoms with Crippen LogP contribution in [-0.4, -0.2) is 13.9 Å². The van der Waals surface area contributed by atoms with Crippen molar-refractivity contribution in [2.75, 3.05) is 0 Å². The molecule has 2 atom stereocenters. The highest BCUT2D eigenvalue weighted by Gasteiger charge is 2.23. The van der Waals surface area contributed by atoms with Gasteiger partial charge in [-0.3, -0.25) is 0 Å². The molecule has 2 aromatic rings. The van der Waals surface area contributed by atoms with Crippen LogP contribution in [0.3, 0.4) is 0 Å². The predicted octanol–water partition coefficient (Wildman–Crippen LogP) is 3.08. The van der Waals surface area contributed by atoms with Crippen LogP contribution in [0.5, 0.6) is 0 Å². The molecule has 1 aromatic heterocycles. The van der Waals surface area contributed by atoms with Gasteiger partial charge in [0.05, 0.1) is 21.8 Å². The molecule has 6 heteroatoms. The number of rotatable bonds is 3. The second kappa shape index (κ2) is 5.02. The highest BCUT2D eigenvalue weighted by atomic mass is 32.2. The molecule has 104 valence electrons. The van der Waals surface area contributed by atoms with Crippen LogP contribution in [0.4, 0.5) is 4.39 Å². The zero-order chi connectivity index (χ0) is 14.2. The van der Waals surface area contributed by atoms with Crippen LogP contribution in [0.25, 0.3) is 11.1 Å². The molecule has 2 rings (SSSR count). The Hall–Kier alpha value is -1.27. The van der Waals surface area contributed by atoms with Gasteiger partial charge < -0.3 is 4.42 Å². The minimum absolute atomic E-state index is 0.310. The van der Waals surface area contributed by atoms with Crippen molar-refractivity contribution in [2.45, 2.75) is 38.5 Å². The van der Waals surface area contributed by atoms with Gasteiger partial charge in [0.2, 0.25) is 5.89 Å². The van der Waals surface area contributed by atoms with E-state index in [9.17, 15) is 8.60 Å². The van der Waals surface area contributed by atoms with Crippen molar-refractivity contribution < 1.29 is 13.0 Å². The first-order valence-corrected chi connectivity index (χ1v) is 7.16. The average Bonchev–Trinajstić information content (AvgIpc) is 2.70. The Bertz CT molecular complexity index is 619. The first-order valence-electron chi connectivity index (χ1n) is 6.01. The molecule has 1 aromatic carbocycles. The summed E-state index contributed by atoms with van der Waals surface area (Å²) in [6.45, 7) is 7.45. The largest absolute Gasteiger partial charge is 0.439 e. The number of oxazole rings is 1. The van der Waals surface area contributed by atoms with Gasteiger partial charge in [0.25, 0.3) is 0 Å². The van der Waals surface area contributed by atoms with Crippen LogP contribution < -0.4 is 4.72 Å². The van der Waals surface area contributed by atoms with Crippen molar-refractivity contribution in [2.24, 2.45) is 0 Å². The van der Waals surface area contributed by atoms with Crippen LogP contribution in [0.15, 0.2) is 22.6 Å². The maximum atomic E-state index is 13.1. The van der Waals surface area contributed by atoms with Gasteiger partial charge in [-0.05, 0) is 39.8 Å². The lowest BCUT2D eigenvalue weighted by Crippen LogP contribution is -2.34. The van der Waals surface area contributed by atoms with E-state index in [1.165, 1.54) is 18.2 Å². The molecule has 0 amide bonds. The van der Waals surface area contributed by atoms with E-state index < -0.39 is 11.0 Å². The molecule has 0 saturated carbocycles. The predicted molar refractivity (Wildman–Crippen MR) is 73.4 cm³/mol. The topological polar surface area (TPSA) is 55.1 Å². The first-order chi connectivity index (χ1) is 8.77. The summed E-state index contributed by atoms with van der Waals surface area (Å²) in [5.74, 6) is 0.0458. The Morgan fingerprint density at radius 3 is 2.74 bits per heavy atom. The quantitative estimate of drug-likeness (QED) is 0.942. The molecule has 1 N–H and O–H groups in total. The minimum Gasteiger partial charge on any atom is -0.439 e. The monoisotopic (exact) mass is 284 g/mol. The van der Waals surface area contributed by atoms with Gasteiger partial charge in [0.15, 0.2) is 5.58 Å². The number of nitrogens with zero attached hydrogens (tertiary/aromatic N) is 1. The Balaban J connectivity index is 2.22. The molecule has 0 radical (unpaired) electrons. The Labute approximate surface area is 114 Å². The van der Waals surface area contributed by atoms with Gasteiger partial charge in [0, 0.05) is 6.07 Å². The van der Waals surface area contributed by atoms with E-state index in [0.717, 1.165) is 0 Å². The second-order valence-corrected chi connectivity index (χ2v) is 7.38. The van der Waals surface area contributed by atoms with Crippen molar-refractivity contribution in [3.63, 3.8) is 0 Å². The van der Waals surface area contributed by atoms with E-state index >= 15 is 0 Å². The van der Waals surface area contributed by atoms with Crippen LogP contribution in [0, 0.1) is 5.82 Å². The number of aromatic nitrogens is 1. The molecule has 0 aliphatic heterocycles. The van der Waals surface area contributed by atoms with Crippen molar-refractivity contribution in [1.29, 1.82) is 0 Å². The fourth-order valence-electron chi connectivity index (χ4n) is 1.49. The molecule has 4 nitrogen and oxygen atoms in total. The second-order valence-electron chi connectivity index (χ2n) is 5.38.